The molecule has 0 bridgehead atoms. The second-order valence-corrected chi connectivity index (χ2v) is 5.68. The maximum Gasteiger partial charge on any atom is 0.263 e. The number of carbonyl (C=O) groups excluding carboxylic acids is 2. The van der Waals surface area contributed by atoms with Gasteiger partial charge in [0.1, 0.15) is 5.75 Å². The van der Waals surface area contributed by atoms with E-state index in [-0.39, 0.29) is 5.91 Å². The molecule has 1 heterocycles. The van der Waals surface area contributed by atoms with E-state index < -0.39 is 6.10 Å². The van der Waals surface area contributed by atoms with Gasteiger partial charge in [0, 0.05) is 26.2 Å². The lowest BCUT2D eigenvalue weighted by Crippen LogP contribution is -2.51. The number of nitrogens with zero attached hydrogens (tertiary/aromatic N) is 2. The molecule has 120 valence electrons. The van der Waals surface area contributed by atoms with Crippen molar-refractivity contribution in [3.05, 3.63) is 29.3 Å². The Hall–Kier alpha value is -2.04. The second-order valence-electron chi connectivity index (χ2n) is 5.68. The fourth-order valence-electron chi connectivity index (χ4n) is 2.56. The van der Waals surface area contributed by atoms with Crippen molar-refractivity contribution in [2.45, 2.75) is 33.3 Å². The standard InChI is InChI=1S/C17H24N2O3/c1-4-15(22-16-7-5-6-13(2)14(16)3)17(21)19-10-8-18(12-20)9-11-19/h5-7,12,15H,4,8-11H2,1-3H3/t15-/m1/s1. The van der Waals surface area contributed by atoms with Gasteiger partial charge in [-0.2, -0.15) is 0 Å². The summed E-state index contributed by atoms with van der Waals surface area (Å²) in [5, 5.41) is 0. The number of rotatable bonds is 5. The maximum absolute atomic E-state index is 12.6. The lowest BCUT2D eigenvalue weighted by atomic mass is 10.1. The third-order valence-corrected chi connectivity index (χ3v) is 4.25. The summed E-state index contributed by atoms with van der Waals surface area (Å²) in [5.74, 6) is 0.778. The van der Waals surface area contributed by atoms with Gasteiger partial charge in [-0.15, -0.1) is 0 Å². The highest BCUT2D eigenvalue weighted by Crippen LogP contribution is 2.23. The number of aryl methyl sites for hydroxylation is 1. The van der Waals surface area contributed by atoms with Crippen molar-refractivity contribution in [2.75, 3.05) is 26.2 Å². The van der Waals surface area contributed by atoms with E-state index in [9.17, 15) is 9.59 Å². The largest absolute Gasteiger partial charge is 0.480 e. The Kier molecular flexibility index (Phi) is 5.41. The van der Waals surface area contributed by atoms with Crippen molar-refractivity contribution in [2.24, 2.45) is 0 Å². The molecule has 0 radical (unpaired) electrons. The summed E-state index contributed by atoms with van der Waals surface area (Å²) >= 11 is 0. The predicted molar refractivity (Wildman–Crippen MR) is 84.8 cm³/mol. The number of hydrogen-bond donors (Lipinski definition) is 0. The number of piperazine rings is 1. The minimum absolute atomic E-state index is 0.00829. The molecule has 0 unspecified atom stereocenters. The SMILES string of the molecule is CC[C@@H](Oc1cccc(C)c1C)C(=O)N1CCN(C=O)CC1. The van der Waals surface area contributed by atoms with Crippen LogP contribution in [0.5, 0.6) is 5.75 Å². The van der Waals surface area contributed by atoms with Gasteiger partial charge in [-0.25, -0.2) is 0 Å². The molecule has 1 aliphatic heterocycles. The van der Waals surface area contributed by atoms with Gasteiger partial charge in [0.05, 0.1) is 0 Å². The smallest absolute Gasteiger partial charge is 0.263 e. The molecule has 5 heteroatoms. The Morgan fingerprint density at radius 3 is 2.55 bits per heavy atom. The van der Waals surface area contributed by atoms with Crippen LogP contribution in [0.15, 0.2) is 18.2 Å². The molecule has 0 aromatic heterocycles. The number of benzene rings is 1. The van der Waals surface area contributed by atoms with Gasteiger partial charge in [0.2, 0.25) is 6.41 Å². The highest BCUT2D eigenvalue weighted by molar-refractivity contribution is 5.81. The minimum Gasteiger partial charge on any atom is -0.480 e. The third kappa shape index (κ3) is 3.59. The number of hydrogen-bond acceptors (Lipinski definition) is 3. The molecule has 2 amide bonds. The fourth-order valence-corrected chi connectivity index (χ4v) is 2.56. The van der Waals surface area contributed by atoms with Gasteiger partial charge in [-0.05, 0) is 37.5 Å². The van der Waals surface area contributed by atoms with Crippen molar-refractivity contribution in [3.8, 4) is 5.75 Å². The zero-order valence-electron chi connectivity index (χ0n) is 13.5. The molecule has 1 fully saturated rings. The summed E-state index contributed by atoms with van der Waals surface area (Å²) in [6.07, 6.45) is 0.995. The molecule has 2 rings (SSSR count). The van der Waals surface area contributed by atoms with E-state index in [1.165, 1.54) is 0 Å². The summed E-state index contributed by atoms with van der Waals surface area (Å²) in [6, 6.07) is 5.88. The van der Waals surface area contributed by atoms with Crippen molar-refractivity contribution >= 4 is 12.3 Å². The van der Waals surface area contributed by atoms with Gasteiger partial charge in [-0.1, -0.05) is 19.1 Å². The van der Waals surface area contributed by atoms with Crippen molar-refractivity contribution < 1.29 is 14.3 Å². The molecule has 0 N–H and O–H groups in total. The van der Waals surface area contributed by atoms with Crippen LogP contribution in [0.2, 0.25) is 0 Å². The van der Waals surface area contributed by atoms with Gasteiger partial charge in [0.25, 0.3) is 5.91 Å². The van der Waals surface area contributed by atoms with Gasteiger partial charge >= 0.3 is 0 Å². The lowest BCUT2D eigenvalue weighted by molar-refractivity contribution is -0.142. The van der Waals surface area contributed by atoms with Crippen LogP contribution in [0.3, 0.4) is 0 Å². The zero-order chi connectivity index (χ0) is 16.1. The molecule has 1 aromatic rings. The van der Waals surface area contributed by atoms with Gasteiger partial charge in [-0.3, -0.25) is 9.59 Å². The molecule has 0 aliphatic carbocycles. The summed E-state index contributed by atoms with van der Waals surface area (Å²) in [4.78, 5) is 26.8. The quantitative estimate of drug-likeness (QED) is 0.779. The molecule has 1 aromatic carbocycles. The first kappa shape index (κ1) is 16.3. The van der Waals surface area contributed by atoms with Crippen LogP contribution in [-0.2, 0) is 9.59 Å². The first-order chi connectivity index (χ1) is 10.6. The molecule has 1 atom stereocenters. The van der Waals surface area contributed by atoms with E-state index in [1.807, 2.05) is 39.0 Å². The average Bonchev–Trinajstić information content (AvgIpc) is 2.55. The molecule has 0 saturated carbocycles. The van der Waals surface area contributed by atoms with Crippen LogP contribution in [0.1, 0.15) is 24.5 Å². The zero-order valence-corrected chi connectivity index (χ0v) is 13.5. The van der Waals surface area contributed by atoms with Crippen molar-refractivity contribution in [1.82, 2.24) is 9.80 Å². The van der Waals surface area contributed by atoms with Crippen LogP contribution < -0.4 is 4.74 Å². The monoisotopic (exact) mass is 304 g/mol. The van der Waals surface area contributed by atoms with Gasteiger partial charge < -0.3 is 14.5 Å². The topological polar surface area (TPSA) is 49.9 Å². The number of amides is 2. The third-order valence-electron chi connectivity index (χ3n) is 4.25. The van der Waals surface area contributed by atoms with E-state index in [1.54, 1.807) is 9.80 Å². The van der Waals surface area contributed by atoms with Gasteiger partial charge in [0.15, 0.2) is 6.10 Å². The van der Waals surface area contributed by atoms with E-state index in [2.05, 4.69) is 0 Å². The van der Waals surface area contributed by atoms with Crippen LogP contribution in [0, 0.1) is 13.8 Å². The lowest BCUT2D eigenvalue weighted by Gasteiger charge is -2.34. The van der Waals surface area contributed by atoms with Crippen LogP contribution >= 0.6 is 0 Å². The Bertz CT molecular complexity index is 537. The molecule has 5 nitrogen and oxygen atoms in total. The Morgan fingerprint density at radius 2 is 1.95 bits per heavy atom. The molecule has 22 heavy (non-hydrogen) atoms. The summed E-state index contributed by atoms with van der Waals surface area (Å²) in [5.41, 5.74) is 2.22. The maximum atomic E-state index is 12.6. The first-order valence-electron chi connectivity index (χ1n) is 7.77. The van der Waals surface area contributed by atoms with E-state index in [0.29, 0.717) is 32.6 Å². The summed E-state index contributed by atoms with van der Waals surface area (Å²) in [6.45, 7) is 8.32. The number of carbonyl (C=O) groups is 2. The second kappa shape index (κ2) is 7.29. The Labute approximate surface area is 131 Å². The highest BCUT2D eigenvalue weighted by atomic mass is 16.5. The molecule has 1 aliphatic rings. The van der Waals surface area contributed by atoms with Crippen molar-refractivity contribution in [1.29, 1.82) is 0 Å². The molecular formula is C17H24N2O3. The van der Waals surface area contributed by atoms with E-state index in [4.69, 9.17) is 4.74 Å². The van der Waals surface area contributed by atoms with E-state index >= 15 is 0 Å². The molecule has 0 spiro atoms. The first-order valence-corrected chi connectivity index (χ1v) is 7.77. The number of ether oxygens (including phenoxy) is 1. The van der Waals surface area contributed by atoms with Crippen LogP contribution in [-0.4, -0.2) is 54.4 Å². The Balaban J connectivity index is 2.03. The van der Waals surface area contributed by atoms with E-state index in [0.717, 1.165) is 23.3 Å². The van der Waals surface area contributed by atoms with Crippen LogP contribution in [0.25, 0.3) is 0 Å². The Morgan fingerprint density at radius 1 is 1.27 bits per heavy atom. The minimum atomic E-state index is -0.469. The average molecular weight is 304 g/mol. The fraction of sp³-hybridized carbons (Fsp3) is 0.529. The molecule has 1 saturated heterocycles. The normalized spacial score (nSPS) is 16.3. The highest BCUT2D eigenvalue weighted by Gasteiger charge is 2.27. The summed E-state index contributed by atoms with van der Waals surface area (Å²) < 4.78 is 5.97. The van der Waals surface area contributed by atoms with Crippen LogP contribution in [0.4, 0.5) is 0 Å². The predicted octanol–water partition coefficient (Wildman–Crippen LogP) is 1.76. The van der Waals surface area contributed by atoms with Crippen molar-refractivity contribution in [3.63, 3.8) is 0 Å². The molecular weight excluding hydrogens is 280 g/mol. The summed E-state index contributed by atoms with van der Waals surface area (Å²) in [7, 11) is 0.